The van der Waals surface area contributed by atoms with Gasteiger partial charge in [0, 0.05) is 12.4 Å². The lowest BCUT2D eigenvalue weighted by Gasteiger charge is -2.10. The van der Waals surface area contributed by atoms with E-state index in [4.69, 9.17) is 0 Å². The Morgan fingerprint density at radius 2 is 2.07 bits per heavy atom. The van der Waals surface area contributed by atoms with E-state index in [0.717, 1.165) is 0 Å². The Labute approximate surface area is 86.8 Å². The third kappa shape index (κ3) is 2.41. The lowest BCUT2D eigenvalue weighted by Crippen LogP contribution is -2.08. The first-order valence-electron chi connectivity index (χ1n) is 4.66. The van der Waals surface area contributed by atoms with Crippen LogP contribution in [0.2, 0.25) is 0 Å². The van der Waals surface area contributed by atoms with Gasteiger partial charge in [0.05, 0.1) is 12.6 Å². The van der Waals surface area contributed by atoms with Gasteiger partial charge in [0.1, 0.15) is 5.82 Å². The van der Waals surface area contributed by atoms with Crippen LogP contribution in [0.3, 0.4) is 0 Å². The van der Waals surface area contributed by atoms with Gasteiger partial charge in [-0.25, -0.2) is 4.39 Å². The molecule has 0 aliphatic heterocycles. The summed E-state index contributed by atoms with van der Waals surface area (Å²) < 4.78 is 14.3. The Morgan fingerprint density at radius 3 is 2.67 bits per heavy atom. The monoisotopic (exact) mass is 206 g/mol. The van der Waals surface area contributed by atoms with E-state index < -0.39 is 6.10 Å². The highest BCUT2D eigenvalue weighted by Crippen LogP contribution is 2.14. The molecule has 0 aliphatic carbocycles. The third-order valence-corrected chi connectivity index (χ3v) is 2.17. The van der Waals surface area contributed by atoms with E-state index in [0.29, 0.717) is 12.1 Å². The largest absolute Gasteiger partial charge is 0.386 e. The Bertz CT molecular complexity index is 411. The standard InChI is InChI=1S/C11H11FN2O/c12-10-4-2-9(3-5-10)11(15)8-14-7-1-6-13-14/h1-7,11,15H,8H2. The van der Waals surface area contributed by atoms with Crippen LogP contribution >= 0.6 is 0 Å². The highest BCUT2D eigenvalue weighted by molar-refractivity contribution is 5.18. The fourth-order valence-electron chi connectivity index (χ4n) is 1.38. The molecule has 0 radical (unpaired) electrons. The SMILES string of the molecule is OC(Cn1cccn1)c1ccc(F)cc1. The molecule has 0 amide bonds. The van der Waals surface area contributed by atoms with E-state index in [1.165, 1.54) is 12.1 Å². The summed E-state index contributed by atoms with van der Waals surface area (Å²) in [6.07, 6.45) is 2.76. The number of benzene rings is 1. The van der Waals surface area contributed by atoms with Gasteiger partial charge in [-0.3, -0.25) is 4.68 Å². The van der Waals surface area contributed by atoms with E-state index in [2.05, 4.69) is 5.10 Å². The van der Waals surface area contributed by atoms with Crippen molar-refractivity contribution in [2.24, 2.45) is 0 Å². The third-order valence-electron chi connectivity index (χ3n) is 2.17. The first-order valence-corrected chi connectivity index (χ1v) is 4.66. The molecule has 1 aromatic carbocycles. The lowest BCUT2D eigenvalue weighted by molar-refractivity contribution is 0.151. The lowest BCUT2D eigenvalue weighted by atomic mass is 10.1. The summed E-state index contributed by atoms with van der Waals surface area (Å²) in [4.78, 5) is 0. The molecule has 2 aromatic rings. The fraction of sp³-hybridized carbons (Fsp3) is 0.182. The number of halogens is 1. The smallest absolute Gasteiger partial charge is 0.123 e. The predicted molar refractivity (Wildman–Crippen MR) is 53.6 cm³/mol. The van der Waals surface area contributed by atoms with Crippen LogP contribution in [-0.2, 0) is 6.54 Å². The van der Waals surface area contributed by atoms with Gasteiger partial charge in [-0.05, 0) is 23.8 Å². The summed E-state index contributed by atoms with van der Waals surface area (Å²) >= 11 is 0. The van der Waals surface area contributed by atoms with Crippen molar-refractivity contribution in [3.63, 3.8) is 0 Å². The summed E-state index contributed by atoms with van der Waals surface area (Å²) in [6.45, 7) is 0.374. The average Bonchev–Trinajstić information content (AvgIpc) is 2.71. The molecule has 0 saturated carbocycles. The molecule has 3 nitrogen and oxygen atoms in total. The van der Waals surface area contributed by atoms with Crippen molar-refractivity contribution >= 4 is 0 Å². The molecule has 1 unspecified atom stereocenters. The highest BCUT2D eigenvalue weighted by atomic mass is 19.1. The fourth-order valence-corrected chi connectivity index (χ4v) is 1.38. The van der Waals surface area contributed by atoms with E-state index >= 15 is 0 Å². The molecule has 1 heterocycles. The van der Waals surface area contributed by atoms with Crippen molar-refractivity contribution < 1.29 is 9.50 Å². The van der Waals surface area contributed by atoms with Gasteiger partial charge >= 0.3 is 0 Å². The summed E-state index contributed by atoms with van der Waals surface area (Å²) in [7, 11) is 0. The van der Waals surface area contributed by atoms with Crippen LogP contribution in [0.25, 0.3) is 0 Å². The molecule has 1 atom stereocenters. The summed E-state index contributed by atoms with van der Waals surface area (Å²) in [5, 5.41) is 13.8. The van der Waals surface area contributed by atoms with Gasteiger partial charge in [0.15, 0.2) is 0 Å². The maximum Gasteiger partial charge on any atom is 0.123 e. The molecule has 0 spiro atoms. The second-order valence-electron chi connectivity index (χ2n) is 3.30. The zero-order valence-electron chi connectivity index (χ0n) is 8.05. The van der Waals surface area contributed by atoms with Gasteiger partial charge in [0.25, 0.3) is 0 Å². The van der Waals surface area contributed by atoms with E-state index in [1.54, 1.807) is 35.3 Å². The Morgan fingerprint density at radius 1 is 1.33 bits per heavy atom. The molecule has 0 aliphatic rings. The van der Waals surface area contributed by atoms with Gasteiger partial charge in [-0.15, -0.1) is 0 Å². The van der Waals surface area contributed by atoms with Crippen molar-refractivity contribution in [2.75, 3.05) is 0 Å². The Hall–Kier alpha value is -1.68. The minimum atomic E-state index is -0.662. The highest BCUT2D eigenvalue weighted by Gasteiger charge is 2.08. The maximum atomic E-state index is 12.6. The topological polar surface area (TPSA) is 38.0 Å². The van der Waals surface area contributed by atoms with Crippen LogP contribution in [-0.4, -0.2) is 14.9 Å². The molecular formula is C11H11FN2O. The summed E-state index contributed by atoms with van der Waals surface area (Å²) in [5.74, 6) is -0.301. The molecular weight excluding hydrogens is 195 g/mol. The first kappa shape index (κ1) is 9.86. The number of hydrogen-bond acceptors (Lipinski definition) is 2. The van der Waals surface area contributed by atoms with Crippen molar-refractivity contribution in [1.82, 2.24) is 9.78 Å². The van der Waals surface area contributed by atoms with Crippen molar-refractivity contribution in [3.8, 4) is 0 Å². The Kier molecular flexibility index (Phi) is 2.78. The van der Waals surface area contributed by atoms with Crippen LogP contribution in [0.15, 0.2) is 42.7 Å². The molecule has 15 heavy (non-hydrogen) atoms. The minimum absolute atomic E-state index is 0.301. The van der Waals surface area contributed by atoms with Gasteiger partial charge < -0.3 is 5.11 Å². The zero-order chi connectivity index (χ0) is 10.7. The number of nitrogens with zero attached hydrogens (tertiary/aromatic N) is 2. The summed E-state index contributed by atoms with van der Waals surface area (Å²) in [6, 6.07) is 7.60. The minimum Gasteiger partial charge on any atom is -0.386 e. The quantitative estimate of drug-likeness (QED) is 0.830. The van der Waals surface area contributed by atoms with Gasteiger partial charge in [0.2, 0.25) is 0 Å². The second kappa shape index (κ2) is 4.23. The van der Waals surface area contributed by atoms with Crippen molar-refractivity contribution in [3.05, 3.63) is 54.1 Å². The molecule has 1 aromatic heterocycles. The Balaban J connectivity index is 2.08. The number of aliphatic hydroxyl groups excluding tert-OH is 1. The number of hydrogen-bond donors (Lipinski definition) is 1. The zero-order valence-corrected chi connectivity index (χ0v) is 8.05. The normalized spacial score (nSPS) is 12.7. The number of aromatic nitrogens is 2. The van der Waals surface area contributed by atoms with Crippen LogP contribution in [0.1, 0.15) is 11.7 Å². The van der Waals surface area contributed by atoms with Crippen molar-refractivity contribution in [1.29, 1.82) is 0 Å². The first-order chi connectivity index (χ1) is 7.25. The number of aliphatic hydroxyl groups is 1. The average molecular weight is 206 g/mol. The van der Waals surface area contributed by atoms with E-state index in [-0.39, 0.29) is 5.82 Å². The predicted octanol–water partition coefficient (Wildman–Crippen LogP) is 1.76. The number of rotatable bonds is 3. The second-order valence-corrected chi connectivity index (χ2v) is 3.30. The van der Waals surface area contributed by atoms with Crippen LogP contribution in [0, 0.1) is 5.82 Å². The maximum absolute atomic E-state index is 12.6. The molecule has 0 saturated heterocycles. The van der Waals surface area contributed by atoms with Crippen molar-refractivity contribution in [2.45, 2.75) is 12.6 Å². The molecule has 1 N–H and O–H groups in total. The molecule has 78 valence electrons. The molecule has 2 rings (SSSR count). The van der Waals surface area contributed by atoms with Crippen LogP contribution in [0.4, 0.5) is 4.39 Å². The molecule has 0 fully saturated rings. The van der Waals surface area contributed by atoms with Gasteiger partial charge in [-0.1, -0.05) is 12.1 Å². The van der Waals surface area contributed by atoms with E-state index in [1.807, 2.05) is 0 Å². The van der Waals surface area contributed by atoms with Crippen LogP contribution in [0.5, 0.6) is 0 Å². The molecule has 4 heteroatoms. The van der Waals surface area contributed by atoms with Gasteiger partial charge in [-0.2, -0.15) is 5.10 Å². The van der Waals surface area contributed by atoms with Crippen LogP contribution < -0.4 is 0 Å². The summed E-state index contributed by atoms with van der Waals surface area (Å²) in [5.41, 5.74) is 0.687. The molecule has 0 bridgehead atoms. The van der Waals surface area contributed by atoms with E-state index in [9.17, 15) is 9.50 Å².